The number of hydrogen-bond donors (Lipinski definition) is 1. The zero-order valence-electron chi connectivity index (χ0n) is 22.1. The Kier molecular flexibility index (Phi) is 10.2. The molecule has 8 nitrogen and oxygen atoms in total. The minimum absolute atomic E-state index is 0.0179. The highest BCUT2D eigenvalue weighted by molar-refractivity contribution is 7.92. The predicted octanol–water partition coefficient (Wildman–Crippen LogP) is 5.06. The molecule has 3 aromatic carbocycles. The van der Waals surface area contributed by atoms with Crippen molar-refractivity contribution in [3.05, 3.63) is 87.9 Å². The van der Waals surface area contributed by atoms with Gasteiger partial charge in [0.15, 0.2) is 0 Å². The van der Waals surface area contributed by atoms with Crippen molar-refractivity contribution in [2.45, 2.75) is 37.8 Å². The molecule has 0 aliphatic heterocycles. The van der Waals surface area contributed by atoms with Crippen LogP contribution < -0.4 is 14.4 Å². The molecule has 11 heteroatoms. The van der Waals surface area contributed by atoms with Crippen molar-refractivity contribution in [3.63, 3.8) is 0 Å². The number of likely N-dealkylation sites (N-methyl/N-ethyl adjacent to an activating group) is 1. The first-order valence-electron chi connectivity index (χ1n) is 12.2. The maximum atomic E-state index is 14.0. The molecule has 1 N–H and O–H groups in total. The lowest BCUT2D eigenvalue weighted by atomic mass is 10.1. The lowest BCUT2D eigenvalue weighted by Gasteiger charge is -2.33. The van der Waals surface area contributed by atoms with Crippen LogP contribution in [0.5, 0.6) is 5.75 Å². The summed E-state index contributed by atoms with van der Waals surface area (Å²) in [5, 5.41) is 3.24. The molecule has 0 spiro atoms. The molecular weight excluding hydrogens is 561 g/mol. The summed E-state index contributed by atoms with van der Waals surface area (Å²) in [6.45, 7) is 2.99. The lowest BCUT2D eigenvalue weighted by molar-refractivity contribution is -0.140. The van der Waals surface area contributed by atoms with Gasteiger partial charge in [-0.3, -0.25) is 13.9 Å². The second kappa shape index (κ2) is 13.2. The van der Waals surface area contributed by atoms with Gasteiger partial charge in [-0.05, 0) is 61.9 Å². The normalized spacial score (nSPS) is 11.9. The molecule has 0 saturated carbocycles. The number of carbonyl (C=O) groups excluding carboxylic acids is 2. The molecule has 3 aromatic rings. The maximum absolute atomic E-state index is 14.0. The Hall–Kier alpha value is -3.27. The Balaban J connectivity index is 2.09. The quantitative estimate of drug-likeness (QED) is 0.336. The molecule has 1 unspecified atom stereocenters. The molecular formula is C28H31Cl2N3O5S. The third kappa shape index (κ3) is 7.03. The van der Waals surface area contributed by atoms with Gasteiger partial charge in [-0.2, -0.15) is 0 Å². The number of benzene rings is 3. The van der Waals surface area contributed by atoms with Gasteiger partial charge in [-0.15, -0.1) is 0 Å². The number of nitrogens with one attached hydrogen (secondary N) is 1. The minimum Gasteiger partial charge on any atom is -0.497 e. The van der Waals surface area contributed by atoms with Crippen LogP contribution in [0.3, 0.4) is 0 Å². The molecule has 1 atom stereocenters. The summed E-state index contributed by atoms with van der Waals surface area (Å²) in [7, 11) is -1.23. The molecule has 39 heavy (non-hydrogen) atoms. The SMILES string of the molecule is CCC(C(=O)NC)N(Cc1c(Cl)cccc1Cl)C(=O)CN(c1ccc(C)cc1)S(=O)(=O)c1ccc(OC)cc1. The van der Waals surface area contributed by atoms with Crippen LogP contribution >= 0.6 is 23.2 Å². The Morgan fingerprint density at radius 2 is 1.56 bits per heavy atom. The molecule has 0 aliphatic carbocycles. The average molecular weight is 593 g/mol. The van der Waals surface area contributed by atoms with E-state index < -0.39 is 34.4 Å². The number of amides is 2. The number of carbonyl (C=O) groups is 2. The van der Waals surface area contributed by atoms with E-state index in [0.29, 0.717) is 27.0 Å². The number of anilines is 1. The number of methoxy groups -OCH3 is 1. The van der Waals surface area contributed by atoms with Crippen molar-refractivity contribution in [3.8, 4) is 5.75 Å². The fourth-order valence-electron chi connectivity index (χ4n) is 4.05. The van der Waals surface area contributed by atoms with E-state index >= 15 is 0 Å². The smallest absolute Gasteiger partial charge is 0.264 e. The third-order valence-corrected chi connectivity index (χ3v) is 8.77. The molecule has 2 amide bonds. The van der Waals surface area contributed by atoms with E-state index in [4.69, 9.17) is 27.9 Å². The van der Waals surface area contributed by atoms with Crippen molar-refractivity contribution in [2.24, 2.45) is 0 Å². The standard InChI is InChI=1S/C28H31Cl2N3O5S/c1-5-26(28(35)31-3)32(17-23-24(29)7-6-8-25(23)30)27(34)18-33(20-11-9-19(2)10-12-20)39(36,37)22-15-13-21(38-4)14-16-22/h6-16,26H,5,17-18H2,1-4H3,(H,31,35). The predicted molar refractivity (Wildman–Crippen MR) is 154 cm³/mol. The Labute approximate surface area is 239 Å². The van der Waals surface area contributed by atoms with E-state index in [1.165, 1.54) is 43.3 Å². The Morgan fingerprint density at radius 3 is 2.08 bits per heavy atom. The molecule has 0 heterocycles. The molecule has 0 bridgehead atoms. The van der Waals surface area contributed by atoms with Crippen molar-refractivity contribution >= 4 is 50.7 Å². The van der Waals surface area contributed by atoms with Gasteiger partial charge < -0.3 is 15.0 Å². The van der Waals surface area contributed by atoms with Gasteiger partial charge in [0, 0.05) is 29.2 Å². The molecule has 3 rings (SSSR count). The van der Waals surface area contributed by atoms with Crippen molar-refractivity contribution in [2.75, 3.05) is 25.0 Å². The molecule has 208 valence electrons. The van der Waals surface area contributed by atoms with Crippen LogP contribution in [-0.2, 0) is 26.2 Å². The van der Waals surface area contributed by atoms with Crippen LogP contribution in [0.4, 0.5) is 5.69 Å². The van der Waals surface area contributed by atoms with E-state index in [2.05, 4.69) is 5.32 Å². The maximum Gasteiger partial charge on any atom is 0.264 e. The monoisotopic (exact) mass is 591 g/mol. The van der Waals surface area contributed by atoms with E-state index in [0.717, 1.165) is 9.87 Å². The first-order valence-corrected chi connectivity index (χ1v) is 14.4. The molecule has 0 fully saturated rings. The van der Waals surface area contributed by atoms with Crippen LogP contribution in [0.1, 0.15) is 24.5 Å². The van der Waals surface area contributed by atoms with Gasteiger partial charge in [-0.25, -0.2) is 8.42 Å². The first-order chi connectivity index (χ1) is 18.5. The van der Waals surface area contributed by atoms with E-state index in [-0.39, 0.29) is 17.9 Å². The number of sulfonamides is 1. The first kappa shape index (κ1) is 30.3. The average Bonchev–Trinajstić information content (AvgIpc) is 2.93. The van der Waals surface area contributed by atoms with Gasteiger partial charge in [0.1, 0.15) is 18.3 Å². The highest BCUT2D eigenvalue weighted by Gasteiger charge is 2.34. The fourth-order valence-corrected chi connectivity index (χ4v) is 5.99. The van der Waals surface area contributed by atoms with Crippen LogP contribution in [0.2, 0.25) is 10.0 Å². The Bertz CT molecular complexity index is 1390. The lowest BCUT2D eigenvalue weighted by Crippen LogP contribution is -2.51. The number of hydrogen-bond acceptors (Lipinski definition) is 5. The zero-order chi connectivity index (χ0) is 28.7. The van der Waals surface area contributed by atoms with Gasteiger partial charge in [0.2, 0.25) is 11.8 Å². The largest absolute Gasteiger partial charge is 0.497 e. The van der Waals surface area contributed by atoms with Crippen molar-refractivity contribution < 1.29 is 22.7 Å². The van der Waals surface area contributed by atoms with Gasteiger partial charge in [0.05, 0.1) is 17.7 Å². The Morgan fingerprint density at radius 1 is 0.974 bits per heavy atom. The van der Waals surface area contributed by atoms with Gasteiger partial charge in [0.25, 0.3) is 10.0 Å². The minimum atomic E-state index is -4.19. The summed E-state index contributed by atoms with van der Waals surface area (Å²) in [6.07, 6.45) is 0.281. The summed E-state index contributed by atoms with van der Waals surface area (Å²) in [5.41, 5.74) is 1.68. The van der Waals surface area contributed by atoms with Crippen LogP contribution in [0.25, 0.3) is 0 Å². The third-order valence-electron chi connectivity index (χ3n) is 6.27. The number of rotatable bonds is 11. The van der Waals surface area contributed by atoms with Crippen LogP contribution in [0.15, 0.2) is 71.6 Å². The highest BCUT2D eigenvalue weighted by atomic mass is 35.5. The number of nitrogens with zero attached hydrogens (tertiary/aromatic N) is 2. The highest BCUT2D eigenvalue weighted by Crippen LogP contribution is 2.29. The van der Waals surface area contributed by atoms with E-state index in [1.807, 2.05) is 6.92 Å². The van der Waals surface area contributed by atoms with Crippen molar-refractivity contribution in [1.82, 2.24) is 10.2 Å². The molecule has 0 saturated heterocycles. The molecule has 0 aliphatic rings. The fraction of sp³-hybridized carbons (Fsp3) is 0.286. The topological polar surface area (TPSA) is 96.0 Å². The van der Waals surface area contributed by atoms with Crippen molar-refractivity contribution in [1.29, 1.82) is 0 Å². The van der Waals surface area contributed by atoms with Crippen LogP contribution in [-0.4, -0.2) is 51.9 Å². The summed E-state index contributed by atoms with van der Waals surface area (Å²) < 4.78 is 33.9. The number of aryl methyl sites for hydroxylation is 1. The molecule has 0 aromatic heterocycles. The van der Waals surface area contributed by atoms with Crippen LogP contribution in [0, 0.1) is 6.92 Å². The number of halogens is 2. The molecule has 0 radical (unpaired) electrons. The number of ether oxygens (including phenoxy) is 1. The summed E-state index contributed by atoms with van der Waals surface area (Å²) in [5.74, 6) is -0.501. The summed E-state index contributed by atoms with van der Waals surface area (Å²) in [4.78, 5) is 28.1. The van der Waals surface area contributed by atoms with E-state index in [9.17, 15) is 18.0 Å². The summed E-state index contributed by atoms with van der Waals surface area (Å²) in [6, 6.07) is 16.8. The second-order valence-corrected chi connectivity index (χ2v) is 11.5. The van der Waals surface area contributed by atoms with E-state index in [1.54, 1.807) is 49.4 Å². The summed E-state index contributed by atoms with van der Waals surface area (Å²) >= 11 is 12.8. The zero-order valence-corrected chi connectivity index (χ0v) is 24.5. The second-order valence-electron chi connectivity index (χ2n) is 8.78. The van der Waals surface area contributed by atoms with Gasteiger partial charge >= 0.3 is 0 Å². The van der Waals surface area contributed by atoms with Gasteiger partial charge in [-0.1, -0.05) is 53.9 Å².